The molecular formula is C10H14N2. The number of nitrogens with one attached hydrogen (secondary N) is 1. The lowest BCUT2D eigenvalue weighted by Crippen LogP contribution is -1.99. The lowest BCUT2D eigenvalue weighted by molar-refractivity contribution is 1.07. The van der Waals surface area contributed by atoms with Gasteiger partial charge in [-0.1, -0.05) is 31.2 Å². The zero-order valence-electron chi connectivity index (χ0n) is 7.30. The van der Waals surface area contributed by atoms with E-state index < -0.39 is 0 Å². The Morgan fingerprint density at radius 2 is 1.92 bits per heavy atom. The molecule has 0 saturated heterocycles. The predicted molar refractivity (Wildman–Crippen MR) is 51.5 cm³/mol. The Kier molecular flexibility index (Phi) is 3.00. The normalized spacial score (nSPS) is 9.83. The van der Waals surface area contributed by atoms with Crippen molar-refractivity contribution in [2.45, 2.75) is 19.9 Å². The average molecular weight is 162 g/mol. The molecule has 0 heterocycles. The molecule has 12 heavy (non-hydrogen) atoms. The van der Waals surface area contributed by atoms with E-state index in [1.54, 1.807) is 0 Å². The minimum absolute atomic E-state index is 0.569. The Morgan fingerprint density at radius 1 is 1.33 bits per heavy atom. The van der Waals surface area contributed by atoms with Gasteiger partial charge >= 0.3 is 0 Å². The van der Waals surface area contributed by atoms with E-state index in [1.807, 2.05) is 31.2 Å². The third-order valence-corrected chi connectivity index (χ3v) is 1.89. The number of rotatable bonds is 3. The molecule has 0 atom stereocenters. The van der Waals surface area contributed by atoms with E-state index in [-0.39, 0.29) is 0 Å². The third-order valence-electron chi connectivity index (χ3n) is 1.89. The molecule has 0 aromatic heterocycles. The maximum absolute atomic E-state index is 7.57. The van der Waals surface area contributed by atoms with E-state index in [0.717, 1.165) is 17.5 Å². The Morgan fingerprint density at radius 3 is 2.33 bits per heavy atom. The first-order valence-corrected chi connectivity index (χ1v) is 4.14. The van der Waals surface area contributed by atoms with Gasteiger partial charge in [-0.2, -0.15) is 0 Å². The van der Waals surface area contributed by atoms with Crippen molar-refractivity contribution >= 4 is 5.71 Å². The number of benzene rings is 1. The van der Waals surface area contributed by atoms with Gasteiger partial charge in [-0.25, -0.2) is 0 Å². The van der Waals surface area contributed by atoms with Gasteiger partial charge in [-0.15, -0.1) is 0 Å². The van der Waals surface area contributed by atoms with Crippen LogP contribution in [0.5, 0.6) is 0 Å². The van der Waals surface area contributed by atoms with Gasteiger partial charge < -0.3 is 11.1 Å². The summed E-state index contributed by atoms with van der Waals surface area (Å²) in [4.78, 5) is 0. The standard InChI is InChI=1S/C10H14N2/c1-2-10(12)9-5-3-8(7-11)4-6-9/h3-6,12H,2,7,11H2,1H3. The van der Waals surface area contributed by atoms with Crippen LogP contribution in [0.1, 0.15) is 24.5 Å². The molecule has 0 saturated carbocycles. The van der Waals surface area contributed by atoms with Gasteiger partial charge in [0.1, 0.15) is 0 Å². The van der Waals surface area contributed by atoms with Crippen LogP contribution >= 0.6 is 0 Å². The fraction of sp³-hybridized carbons (Fsp3) is 0.300. The summed E-state index contributed by atoms with van der Waals surface area (Å²) in [6, 6.07) is 7.85. The summed E-state index contributed by atoms with van der Waals surface area (Å²) < 4.78 is 0. The fourth-order valence-corrected chi connectivity index (χ4v) is 1.05. The van der Waals surface area contributed by atoms with Crippen molar-refractivity contribution in [1.29, 1.82) is 5.41 Å². The maximum Gasteiger partial charge on any atom is 0.0383 e. The Balaban J connectivity index is 2.84. The number of nitrogens with two attached hydrogens (primary N) is 1. The van der Waals surface area contributed by atoms with Gasteiger partial charge in [0.15, 0.2) is 0 Å². The molecule has 0 aliphatic rings. The summed E-state index contributed by atoms with van der Waals surface area (Å²) in [6.45, 7) is 2.55. The molecule has 1 aromatic carbocycles. The smallest absolute Gasteiger partial charge is 0.0383 e. The molecule has 0 radical (unpaired) electrons. The SMILES string of the molecule is CCC(=N)c1ccc(CN)cc1. The predicted octanol–water partition coefficient (Wildman–Crippen LogP) is 1.92. The maximum atomic E-state index is 7.57. The highest BCUT2D eigenvalue weighted by Crippen LogP contribution is 2.05. The highest BCUT2D eigenvalue weighted by molar-refractivity contribution is 5.97. The van der Waals surface area contributed by atoms with Crippen molar-refractivity contribution in [3.8, 4) is 0 Å². The first-order chi connectivity index (χ1) is 5.77. The number of hydrogen-bond acceptors (Lipinski definition) is 2. The van der Waals surface area contributed by atoms with Crippen LogP contribution in [0, 0.1) is 5.41 Å². The minimum Gasteiger partial charge on any atom is -0.326 e. The van der Waals surface area contributed by atoms with Gasteiger partial charge in [-0.3, -0.25) is 0 Å². The van der Waals surface area contributed by atoms with E-state index in [0.29, 0.717) is 12.3 Å². The van der Waals surface area contributed by atoms with E-state index in [4.69, 9.17) is 11.1 Å². The second kappa shape index (κ2) is 4.02. The molecule has 0 bridgehead atoms. The van der Waals surface area contributed by atoms with Crippen molar-refractivity contribution in [3.05, 3.63) is 35.4 Å². The van der Waals surface area contributed by atoms with Crippen LogP contribution in [0.4, 0.5) is 0 Å². The number of hydrogen-bond donors (Lipinski definition) is 2. The molecule has 64 valence electrons. The summed E-state index contributed by atoms with van der Waals surface area (Å²) in [6.07, 6.45) is 0.780. The highest BCUT2D eigenvalue weighted by Gasteiger charge is 1.97. The van der Waals surface area contributed by atoms with Crippen molar-refractivity contribution in [1.82, 2.24) is 0 Å². The monoisotopic (exact) mass is 162 g/mol. The summed E-state index contributed by atoms with van der Waals surface area (Å²) in [5.74, 6) is 0. The van der Waals surface area contributed by atoms with E-state index in [2.05, 4.69) is 0 Å². The molecule has 2 heteroatoms. The molecule has 0 aliphatic carbocycles. The van der Waals surface area contributed by atoms with Crippen molar-refractivity contribution in [2.24, 2.45) is 5.73 Å². The van der Waals surface area contributed by atoms with Crippen molar-refractivity contribution < 1.29 is 0 Å². The molecule has 0 fully saturated rings. The second-order valence-corrected chi connectivity index (χ2v) is 2.73. The van der Waals surface area contributed by atoms with Gasteiger partial charge in [0, 0.05) is 12.3 Å². The zero-order chi connectivity index (χ0) is 8.97. The first kappa shape index (κ1) is 8.94. The quantitative estimate of drug-likeness (QED) is 0.655. The van der Waals surface area contributed by atoms with Crippen LogP contribution in [0.15, 0.2) is 24.3 Å². The van der Waals surface area contributed by atoms with Crippen molar-refractivity contribution in [3.63, 3.8) is 0 Å². The lowest BCUT2D eigenvalue weighted by atomic mass is 10.1. The van der Waals surface area contributed by atoms with Gasteiger partial charge in [-0.05, 0) is 17.5 Å². The molecule has 3 N–H and O–H groups in total. The Labute approximate surface area is 72.9 Å². The first-order valence-electron chi connectivity index (χ1n) is 4.14. The Hall–Kier alpha value is -1.15. The van der Waals surface area contributed by atoms with E-state index >= 15 is 0 Å². The van der Waals surface area contributed by atoms with Crippen LogP contribution in [0.25, 0.3) is 0 Å². The zero-order valence-corrected chi connectivity index (χ0v) is 7.30. The molecule has 1 aromatic rings. The largest absolute Gasteiger partial charge is 0.326 e. The van der Waals surface area contributed by atoms with E-state index in [9.17, 15) is 0 Å². The van der Waals surface area contributed by atoms with Crippen LogP contribution < -0.4 is 5.73 Å². The Bertz CT molecular complexity index is 262. The summed E-state index contributed by atoms with van der Waals surface area (Å²) >= 11 is 0. The third kappa shape index (κ3) is 1.92. The molecule has 0 unspecified atom stereocenters. The van der Waals surface area contributed by atoms with Crippen LogP contribution in [0.2, 0.25) is 0 Å². The molecular weight excluding hydrogens is 148 g/mol. The van der Waals surface area contributed by atoms with Crippen LogP contribution in [-0.2, 0) is 6.54 Å². The second-order valence-electron chi connectivity index (χ2n) is 2.73. The summed E-state index contributed by atoms with van der Waals surface area (Å²) in [5.41, 5.74) is 8.24. The lowest BCUT2D eigenvalue weighted by Gasteiger charge is -2.01. The highest BCUT2D eigenvalue weighted by atomic mass is 14.5. The average Bonchev–Trinajstić information content (AvgIpc) is 2.17. The topological polar surface area (TPSA) is 49.9 Å². The molecule has 0 spiro atoms. The molecule has 2 nitrogen and oxygen atoms in total. The van der Waals surface area contributed by atoms with Crippen molar-refractivity contribution in [2.75, 3.05) is 0 Å². The van der Waals surface area contributed by atoms with Crippen LogP contribution in [-0.4, -0.2) is 5.71 Å². The molecule has 0 aliphatic heterocycles. The summed E-state index contributed by atoms with van der Waals surface area (Å²) in [5, 5.41) is 7.57. The minimum atomic E-state index is 0.569. The molecule has 0 amide bonds. The van der Waals surface area contributed by atoms with Crippen LogP contribution in [0.3, 0.4) is 0 Å². The fourth-order valence-electron chi connectivity index (χ4n) is 1.05. The van der Waals surface area contributed by atoms with Gasteiger partial charge in [0.2, 0.25) is 0 Å². The summed E-state index contributed by atoms with van der Waals surface area (Å²) in [7, 11) is 0. The van der Waals surface area contributed by atoms with E-state index in [1.165, 1.54) is 0 Å². The van der Waals surface area contributed by atoms with Gasteiger partial charge in [0.05, 0.1) is 0 Å². The van der Waals surface area contributed by atoms with Gasteiger partial charge in [0.25, 0.3) is 0 Å². The molecule has 1 rings (SSSR count).